The van der Waals surface area contributed by atoms with Crippen LogP contribution in [0.5, 0.6) is 0 Å². The van der Waals surface area contributed by atoms with Gasteiger partial charge in [0.2, 0.25) is 0 Å². The fourth-order valence-electron chi connectivity index (χ4n) is 7.75. The fraction of sp³-hybridized carbons (Fsp3) is 0.0962. The Morgan fingerprint density at radius 2 is 1.36 bits per heavy atom. The van der Waals surface area contributed by atoms with E-state index in [1.165, 1.54) is 5.19 Å². The van der Waals surface area contributed by atoms with Crippen LogP contribution in [-0.2, 0) is 27.2 Å². The minimum absolute atomic E-state index is 0. The maximum absolute atomic E-state index is 6.52. The van der Waals surface area contributed by atoms with Crippen LogP contribution in [0, 0.1) is 19.1 Å². The number of para-hydroxylation sites is 2. The molecule has 0 atom stereocenters. The van der Waals surface area contributed by atoms with Crippen molar-refractivity contribution in [2.75, 3.05) is 0 Å². The zero-order valence-electron chi connectivity index (χ0n) is 33.7. The number of hydrogen-bond donors (Lipinski definition) is 0. The summed E-state index contributed by atoms with van der Waals surface area (Å²) in [5.41, 5.74) is 13.2. The van der Waals surface area contributed by atoms with Gasteiger partial charge in [-0.3, -0.25) is 0 Å². The van der Waals surface area contributed by atoms with E-state index >= 15 is 0 Å². The summed E-state index contributed by atoms with van der Waals surface area (Å²) in [6.07, 6.45) is 4.17. The second-order valence-electron chi connectivity index (χ2n) is 15.7. The van der Waals surface area contributed by atoms with Crippen LogP contribution in [0.25, 0.3) is 83.7 Å². The van der Waals surface area contributed by atoms with Crippen LogP contribution in [0.1, 0.15) is 5.56 Å². The van der Waals surface area contributed by atoms with Gasteiger partial charge in [-0.15, -0.1) is 54.1 Å². The molecule has 0 N–H and O–H groups in total. The molecule has 0 aliphatic rings. The Labute approximate surface area is 360 Å². The van der Waals surface area contributed by atoms with Crippen molar-refractivity contribution in [1.29, 1.82) is 0 Å². The minimum atomic E-state index is -1.23. The Hall–Kier alpha value is -6.24. The molecule has 59 heavy (non-hydrogen) atoms. The molecule has 0 bridgehead atoms. The molecule has 10 aromatic rings. The van der Waals surface area contributed by atoms with E-state index in [0.717, 1.165) is 89.3 Å². The molecule has 7 heteroatoms. The molecule has 0 aliphatic carbocycles. The maximum Gasteiger partial charge on any atom is 0.304 e. The standard InChI is InChI=1S/C38H27N3O.C14H16NSi.Ir/c1-25-23-33-38(40(2)24-25)41(37(39-33)32-21-12-20-31-30-17-9-10-22-34(30)42-36(31)32)35-28(26-13-5-3-6-14-26)18-11-19-29(35)27-15-7-4-8-16-27;1-16(2,3)13-9-10-14(15-11-13)12-7-5-4-6-8-12;/h3-20,22-24H,1-2H3;4-7,9-11H,1-3H3;/q;-1;. The van der Waals surface area contributed by atoms with Crippen molar-refractivity contribution in [1.82, 2.24) is 14.5 Å². The fourth-order valence-corrected chi connectivity index (χ4v) is 8.79. The Kier molecular flexibility index (Phi) is 11.1. The second kappa shape index (κ2) is 16.6. The molecule has 291 valence electrons. The minimum Gasteiger partial charge on any atom is -0.500 e. The van der Waals surface area contributed by atoms with Gasteiger partial charge in [0.05, 0.1) is 26.9 Å². The van der Waals surface area contributed by atoms with Crippen molar-refractivity contribution in [3.05, 3.63) is 188 Å². The Morgan fingerprint density at radius 3 is 2.00 bits per heavy atom. The van der Waals surface area contributed by atoms with Gasteiger partial charge in [-0.1, -0.05) is 134 Å². The molecule has 0 unspecified atom stereocenters. The van der Waals surface area contributed by atoms with Gasteiger partial charge in [-0.25, -0.2) is 14.1 Å². The number of pyridine rings is 2. The summed E-state index contributed by atoms with van der Waals surface area (Å²) >= 11 is 0. The monoisotopic (exact) mass is 960 g/mol. The zero-order valence-corrected chi connectivity index (χ0v) is 37.1. The summed E-state index contributed by atoms with van der Waals surface area (Å²) in [7, 11) is 0.863. The van der Waals surface area contributed by atoms with Crippen LogP contribution in [0.2, 0.25) is 19.6 Å². The number of rotatable bonds is 6. The topological polar surface area (TPSA) is 47.7 Å². The first-order valence-electron chi connectivity index (χ1n) is 19.6. The van der Waals surface area contributed by atoms with Crippen LogP contribution in [0.15, 0.2) is 175 Å². The average Bonchev–Trinajstić information content (AvgIpc) is 3.83. The van der Waals surface area contributed by atoms with E-state index in [9.17, 15) is 0 Å². The van der Waals surface area contributed by atoms with E-state index in [4.69, 9.17) is 9.40 Å². The van der Waals surface area contributed by atoms with E-state index in [1.807, 2.05) is 54.7 Å². The van der Waals surface area contributed by atoms with Gasteiger partial charge in [-0.05, 0) is 52.2 Å². The van der Waals surface area contributed by atoms with Gasteiger partial charge in [0.25, 0.3) is 0 Å². The summed E-state index contributed by atoms with van der Waals surface area (Å²) in [6, 6.07) is 61.1. The first-order valence-corrected chi connectivity index (χ1v) is 23.1. The molecule has 0 saturated carbocycles. The van der Waals surface area contributed by atoms with Gasteiger partial charge >= 0.3 is 5.65 Å². The zero-order chi connectivity index (χ0) is 39.8. The summed E-state index contributed by atoms with van der Waals surface area (Å²) in [5.74, 6) is 0.788. The molecule has 4 aromatic heterocycles. The van der Waals surface area contributed by atoms with Crippen molar-refractivity contribution in [2.24, 2.45) is 7.05 Å². The first kappa shape index (κ1) is 39.6. The molecular formula is C52H43IrN4OSi-. The first-order chi connectivity index (χ1) is 28.2. The number of furan rings is 1. The number of benzene rings is 6. The van der Waals surface area contributed by atoms with E-state index < -0.39 is 8.07 Å². The normalized spacial score (nSPS) is 11.3. The van der Waals surface area contributed by atoms with Gasteiger partial charge in [0.1, 0.15) is 16.8 Å². The number of hydrogen-bond acceptors (Lipinski definition) is 3. The smallest absolute Gasteiger partial charge is 0.304 e. The Morgan fingerprint density at radius 1 is 0.678 bits per heavy atom. The molecule has 6 aromatic carbocycles. The Bertz CT molecular complexity index is 2990. The molecule has 10 rings (SSSR count). The molecule has 0 fully saturated rings. The van der Waals surface area contributed by atoms with Crippen LogP contribution >= 0.6 is 0 Å². The molecule has 0 aliphatic heterocycles. The van der Waals surface area contributed by atoms with Crippen LogP contribution in [0.4, 0.5) is 0 Å². The van der Waals surface area contributed by atoms with Crippen molar-refractivity contribution < 1.29 is 29.1 Å². The molecule has 5 nitrogen and oxygen atoms in total. The van der Waals surface area contributed by atoms with Crippen LogP contribution in [-0.4, -0.2) is 22.6 Å². The molecule has 0 saturated heterocycles. The van der Waals surface area contributed by atoms with Crippen LogP contribution in [0.3, 0.4) is 0 Å². The third-order valence-electron chi connectivity index (χ3n) is 10.6. The van der Waals surface area contributed by atoms with Gasteiger partial charge < -0.3 is 9.40 Å². The average molecular weight is 960 g/mol. The maximum atomic E-state index is 6.52. The van der Waals surface area contributed by atoms with Crippen molar-refractivity contribution in [2.45, 2.75) is 26.6 Å². The van der Waals surface area contributed by atoms with Crippen molar-refractivity contribution >= 4 is 46.4 Å². The molecular weight excluding hydrogens is 917 g/mol. The predicted molar refractivity (Wildman–Crippen MR) is 241 cm³/mol. The number of aromatic nitrogens is 4. The number of fused-ring (bicyclic) bond motifs is 4. The SMILES string of the molecule is C[Si](C)(C)c1ccc(-c2[c-]cccc2)nc1.Cc1cc2nc(-c3[c-]ccc4c3oc3ccccc34)n(-c3c(-c4ccccc4)cccc3-c3ccccc3)c2[n+](C)c1.[Ir]. The number of nitrogens with zero attached hydrogens (tertiary/aromatic N) is 4. The van der Waals surface area contributed by atoms with Crippen LogP contribution < -0.4 is 9.75 Å². The van der Waals surface area contributed by atoms with E-state index in [-0.39, 0.29) is 20.1 Å². The second-order valence-corrected chi connectivity index (χ2v) is 20.8. The van der Waals surface area contributed by atoms with Crippen molar-refractivity contribution in [3.8, 4) is 50.6 Å². The Balaban J connectivity index is 0.000000240. The summed E-state index contributed by atoms with van der Waals surface area (Å²) in [4.78, 5) is 9.84. The van der Waals surface area contributed by atoms with Gasteiger partial charge in [-0.2, -0.15) is 0 Å². The molecule has 0 spiro atoms. The molecule has 4 heterocycles. The number of aryl methyl sites for hydroxylation is 2. The van der Waals surface area contributed by atoms with Crippen molar-refractivity contribution in [3.63, 3.8) is 0 Å². The summed E-state index contributed by atoms with van der Waals surface area (Å²) in [5, 5.41) is 3.53. The van der Waals surface area contributed by atoms with E-state index in [0.29, 0.717) is 0 Å². The number of imidazole rings is 1. The third kappa shape index (κ3) is 7.73. The largest absolute Gasteiger partial charge is 0.500 e. The summed E-state index contributed by atoms with van der Waals surface area (Å²) in [6.45, 7) is 9.10. The molecule has 0 amide bonds. The van der Waals surface area contributed by atoms with E-state index in [1.54, 1.807) is 0 Å². The van der Waals surface area contributed by atoms with Gasteiger partial charge in [0, 0.05) is 42.8 Å². The third-order valence-corrected chi connectivity index (χ3v) is 12.6. The quantitative estimate of drug-likeness (QED) is 0.0948. The van der Waals surface area contributed by atoms with Gasteiger partial charge in [0.15, 0.2) is 5.82 Å². The predicted octanol–water partition coefficient (Wildman–Crippen LogP) is 12.0. The van der Waals surface area contributed by atoms with E-state index in [2.05, 4.69) is 175 Å². The summed E-state index contributed by atoms with van der Waals surface area (Å²) < 4.78 is 11.0. The molecule has 1 radical (unpaired) electrons.